The van der Waals surface area contributed by atoms with Gasteiger partial charge in [0.1, 0.15) is 5.82 Å². The summed E-state index contributed by atoms with van der Waals surface area (Å²) in [5.41, 5.74) is 2.87. The van der Waals surface area contributed by atoms with Crippen molar-refractivity contribution in [3.8, 4) is 0 Å². The Morgan fingerprint density at radius 2 is 1.83 bits per heavy atom. The topological polar surface area (TPSA) is 12.0 Å². The van der Waals surface area contributed by atoms with Gasteiger partial charge in [-0.15, -0.1) is 0 Å². The van der Waals surface area contributed by atoms with Crippen LogP contribution in [0.5, 0.6) is 0 Å². The van der Waals surface area contributed by atoms with E-state index in [9.17, 15) is 4.39 Å². The van der Waals surface area contributed by atoms with Gasteiger partial charge >= 0.3 is 0 Å². The molecule has 0 aliphatic carbocycles. The average Bonchev–Trinajstić information content (AvgIpc) is 2.32. The van der Waals surface area contributed by atoms with E-state index >= 15 is 0 Å². The zero-order chi connectivity index (χ0) is 13.1. The van der Waals surface area contributed by atoms with Crippen LogP contribution in [0.3, 0.4) is 0 Å². The fourth-order valence-corrected chi connectivity index (χ4v) is 2.08. The molecule has 0 spiro atoms. The van der Waals surface area contributed by atoms with Crippen molar-refractivity contribution in [1.29, 1.82) is 0 Å². The molecule has 4 heteroatoms. The molecule has 18 heavy (non-hydrogen) atoms. The van der Waals surface area contributed by atoms with E-state index in [2.05, 4.69) is 5.32 Å². The molecule has 2 aromatic carbocycles. The number of aryl methyl sites for hydroxylation is 1. The lowest BCUT2D eigenvalue weighted by Crippen LogP contribution is -2.00. The standard InChI is InChI=1S/C14H12Cl2FN/c1-9-2-3-10(12(15)6-9)8-18-11-4-5-14(17)13(16)7-11/h2-7,18H,8H2,1H3. The third-order valence-electron chi connectivity index (χ3n) is 2.61. The molecule has 0 atom stereocenters. The largest absolute Gasteiger partial charge is 0.381 e. The second kappa shape index (κ2) is 5.59. The minimum absolute atomic E-state index is 0.106. The molecule has 1 nitrogen and oxygen atoms in total. The van der Waals surface area contributed by atoms with Gasteiger partial charge < -0.3 is 5.32 Å². The molecule has 2 rings (SSSR count). The molecule has 0 aliphatic rings. The molecule has 0 saturated heterocycles. The van der Waals surface area contributed by atoms with Gasteiger partial charge in [-0.1, -0.05) is 35.3 Å². The highest BCUT2D eigenvalue weighted by Crippen LogP contribution is 2.22. The van der Waals surface area contributed by atoms with E-state index < -0.39 is 5.82 Å². The maximum absolute atomic E-state index is 13.0. The smallest absolute Gasteiger partial charge is 0.141 e. The normalized spacial score (nSPS) is 10.4. The molecule has 0 bridgehead atoms. The highest BCUT2D eigenvalue weighted by molar-refractivity contribution is 6.31. The van der Waals surface area contributed by atoms with Crippen LogP contribution in [0.25, 0.3) is 0 Å². The van der Waals surface area contributed by atoms with Crippen LogP contribution in [-0.4, -0.2) is 0 Å². The van der Waals surface area contributed by atoms with Crippen molar-refractivity contribution in [1.82, 2.24) is 0 Å². The molecular formula is C14H12Cl2FN. The molecule has 0 saturated carbocycles. The van der Waals surface area contributed by atoms with Crippen LogP contribution in [0.2, 0.25) is 10.0 Å². The summed E-state index contributed by atoms with van der Waals surface area (Å²) in [5.74, 6) is -0.421. The van der Waals surface area contributed by atoms with Gasteiger partial charge in [0.25, 0.3) is 0 Å². The van der Waals surface area contributed by atoms with Crippen molar-refractivity contribution in [2.75, 3.05) is 5.32 Å². The number of anilines is 1. The minimum Gasteiger partial charge on any atom is -0.381 e. The molecule has 0 fully saturated rings. The zero-order valence-electron chi connectivity index (χ0n) is 9.81. The van der Waals surface area contributed by atoms with Gasteiger partial charge in [-0.3, -0.25) is 0 Å². The predicted molar refractivity (Wildman–Crippen MR) is 74.9 cm³/mol. The summed E-state index contributed by atoms with van der Waals surface area (Å²) in [6.07, 6.45) is 0. The summed E-state index contributed by atoms with van der Waals surface area (Å²) in [6, 6.07) is 10.4. The number of rotatable bonds is 3. The van der Waals surface area contributed by atoms with Gasteiger partial charge in [-0.2, -0.15) is 0 Å². The summed E-state index contributed by atoms with van der Waals surface area (Å²) in [7, 11) is 0. The number of hydrogen-bond acceptors (Lipinski definition) is 1. The summed E-state index contributed by atoms with van der Waals surface area (Å²) >= 11 is 11.8. The van der Waals surface area contributed by atoms with Gasteiger partial charge in [0, 0.05) is 17.3 Å². The first-order valence-corrected chi connectivity index (χ1v) is 6.26. The van der Waals surface area contributed by atoms with Crippen LogP contribution in [0.4, 0.5) is 10.1 Å². The van der Waals surface area contributed by atoms with Crippen LogP contribution in [0.15, 0.2) is 36.4 Å². The summed E-state index contributed by atoms with van der Waals surface area (Å²) in [6.45, 7) is 2.56. The molecule has 1 N–H and O–H groups in total. The predicted octanol–water partition coefficient (Wildman–Crippen LogP) is 5.05. The minimum atomic E-state index is -0.421. The first-order valence-electron chi connectivity index (χ1n) is 5.50. The van der Waals surface area contributed by atoms with Gasteiger partial charge in [0.2, 0.25) is 0 Å². The van der Waals surface area contributed by atoms with Crippen molar-refractivity contribution >= 4 is 28.9 Å². The van der Waals surface area contributed by atoms with Gasteiger partial charge in [0.15, 0.2) is 0 Å². The van der Waals surface area contributed by atoms with Crippen molar-refractivity contribution in [3.63, 3.8) is 0 Å². The third-order valence-corrected chi connectivity index (χ3v) is 3.25. The molecular weight excluding hydrogens is 272 g/mol. The summed E-state index contributed by atoms with van der Waals surface area (Å²) < 4.78 is 13.0. The number of halogens is 3. The Balaban J connectivity index is 2.09. The van der Waals surface area contributed by atoms with Crippen molar-refractivity contribution in [2.45, 2.75) is 13.5 Å². The van der Waals surface area contributed by atoms with E-state index in [1.54, 1.807) is 12.1 Å². The monoisotopic (exact) mass is 283 g/mol. The molecule has 2 aromatic rings. The van der Waals surface area contributed by atoms with Crippen molar-refractivity contribution < 1.29 is 4.39 Å². The van der Waals surface area contributed by atoms with Gasteiger partial charge in [0.05, 0.1) is 5.02 Å². The maximum Gasteiger partial charge on any atom is 0.141 e. The van der Waals surface area contributed by atoms with E-state index in [1.165, 1.54) is 6.07 Å². The second-order valence-corrected chi connectivity index (χ2v) is 4.89. The highest BCUT2D eigenvalue weighted by Gasteiger charge is 2.03. The Kier molecular flexibility index (Phi) is 4.10. The van der Waals surface area contributed by atoms with Crippen molar-refractivity contribution in [2.24, 2.45) is 0 Å². The SMILES string of the molecule is Cc1ccc(CNc2ccc(F)c(Cl)c2)c(Cl)c1. The molecule has 0 amide bonds. The first kappa shape index (κ1) is 13.2. The molecule has 0 aliphatic heterocycles. The van der Waals surface area contributed by atoms with E-state index in [-0.39, 0.29) is 5.02 Å². The van der Waals surface area contributed by atoms with E-state index in [0.29, 0.717) is 6.54 Å². The number of hydrogen-bond donors (Lipinski definition) is 1. The second-order valence-electron chi connectivity index (χ2n) is 4.08. The Morgan fingerprint density at radius 3 is 2.50 bits per heavy atom. The quantitative estimate of drug-likeness (QED) is 0.831. The molecule has 0 unspecified atom stereocenters. The van der Waals surface area contributed by atoms with Crippen molar-refractivity contribution in [3.05, 3.63) is 63.4 Å². The molecule has 0 heterocycles. The van der Waals surface area contributed by atoms with E-state index in [1.807, 2.05) is 25.1 Å². The lowest BCUT2D eigenvalue weighted by Gasteiger charge is -2.09. The first-order chi connectivity index (χ1) is 8.56. The maximum atomic E-state index is 13.0. The Hall–Kier alpha value is -1.25. The number of benzene rings is 2. The Labute approximate surface area is 116 Å². The molecule has 0 aromatic heterocycles. The summed E-state index contributed by atoms with van der Waals surface area (Å²) in [4.78, 5) is 0. The van der Waals surface area contributed by atoms with Crippen LogP contribution >= 0.6 is 23.2 Å². The third kappa shape index (κ3) is 3.15. The molecule has 94 valence electrons. The summed E-state index contributed by atoms with van der Waals surface area (Å²) in [5, 5.41) is 3.98. The number of nitrogens with one attached hydrogen (secondary N) is 1. The van der Waals surface area contributed by atoms with Crippen LogP contribution < -0.4 is 5.32 Å². The Bertz CT molecular complexity index is 570. The highest BCUT2D eigenvalue weighted by atomic mass is 35.5. The Morgan fingerprint density at radius 1 is 1.06 bits per heavy atom. The lowest BCUT2D eigenvalue weighted by atomic mass is 10.1. The molecule has 0 radical (unpaired) electrons. The zero-order valence-corrected chi connectivity index (χ0v) is 11.3. The van der Waals surface area contributed by atoms with Crippen LogP contribution in [-0.2, 0) is 6.54 Å². The van der Waals surface area contributed by atoms with Crippen LogP contribution in [0, 0.1) is 12.7 Å². The van der Waals surface area contributed by atoms with Crippen LogP contribution in [0.1, 0.15) is 11.1 Å². The fraction of sp³-hybridized carbons (Fsp3) is 0.143. The van der Waals surface area contributed by atoms with E-state index in [0.717, 1.165) is 21.8 Å². The van der Waals surface area contributed by atoms with Gasteiger partial charge in [-0.05, 0) is 42.3 Å². The van der Waals surface area contributed by atoms with E-state index in [4.69, 9.17) is 23.2 Å². The lowest BCUT2D eigenvalue weighted by molar-refractivity contribution is 0.628. The average molecular weight is 284 g/mol. The van der Waals surface area contributed by atoms with Gasteiger partial charge in [-0.25, -0.2) is 4.39 Å². The fourth-order valence-electron chi connectivity index (χ4n) is 1.60.